The molecule has 0 spiro atoms. The first kappa shape index (κ1) is 13.7. The number of ether oxygens (including phenoxy) is 1. The highest BCUT2D eigenvalue weighted by atomic mass is 19.1. The topological polar surface area (TPSA) is 90.7 Å². The van der Waals surface area contributed by atoms with Crippen LogP contribution in [0.5, 0.6) is 0 Å². The third-order valence-electron chi connectivity index (χ3n) is 2.17. The van der Waals surface area contributed by atoms with E-state index < -0.39 is 5.97 Å². The highest BCUT2D eigenvalue weighted by Gasteiger charge is 2.07. The average Bonchev–Trinajstić information content (AvgIpc) is 2.39. The third-order valence-corrected chi connectivity index (χ3v) is 2.17. The second-order valence-corrected chi connectivity index (χ2v) is 3.42. The van der Waals surface area contributed by atoms with Gasteiger partial charge in [-0.1, -0.05) is 18.2 Å². The summed E-state index contributed by atoms with van der Waals surface area (Å²) in [6.45, 7) is 0.113. The lowest BCUT2D eigenvalue weighted by molar-refractivity contribution is -0.136. The Bertz CT molecular complexity index is 498. The fraction of sp³-hybridized carbons (Fsp3) is 0.167. The van der Waals surface area contributed by atoms with E-state index >= 15 is 0 Å². The number of rotatable bonds is 4. The van der Waals surface area contributed by atoms with E-state index in [4.69, 9.17) is 11.5 Å². The fourth-order valence-corrected chi connectivity index (χ4v) is 1.17. The second kappa shape index (κ2) is 6.39. The fourth-order valence-electron chi connectivity index (χ4n) is 1.17. The Kier molecular flexibility index (Phi) is 4.86. The summed E-state index contributed by atoms with van der Waals surface area (Å²) in [7, 11) is 1.19. The van der Waals surface area contributed by atoms with Crippen molar-refractivity contribution >= 4 is 12.2 Å². The van der Waals surface area contributed by atoms with Crippen molar-refractivity contribution in [1.29, 1.82) is 0 Å². The number of nitrogens with zero attached hydrogens (tertiary/aromatic N) is 1. The van der Waals surface area contributed by atoms with Gasteiger partial charge in [-0.2, -0.15) is 0 Å². The zero-order chi connectivity index (χ0) is 13.5. The molecular formula is C12H14FN3O2. The van der Waals surface area contributed by atoms with Crippen LogP contribution in [0.1, 0.15) is 5.56 Å². The van der Waals surface area contributed by atoms with Crippen LogP contribution in [-0.2, 0) is 16.1 Å². The standard InChI is InChI=1S/C12H14FN3O2/c1-18-12(17)11(15)10(14)7-16-6-8-4-2-3-5-9(8)13/h2-5,7H,6,14-15H2,1H3/b11-10+,16-7?. The van der Waals surface area contributed by atoms with Gasteiger partial charge in [0.25, 0.3) is 0 Å². The summed E-state index contributed by atoms with van der Waals surface area (Å²) in [4.78, 5) is 14.9. The Morgan fingerprint density at radius 1 is 1.44 bits per heavy atom. The van der Waals surface area contributed by atoms with Crippen molar-refractivity contribution in [3.63, 3.8) is 0 Å². The van der Waals surface area contributed by atoms with E-state index in [1.165, 1.54) is 19.4 Å². The first-order valence-electron chi connectivity index (χ1n) is 5.13. The highest BCUT2D eigenvalue weighted by Crippen LogP contribution is 2.07. The quantitative estimate of drug-likeness (QED) is 0.468. The minimum absolute atomic E-state index is 0.0156. The van der Waals surface area contributed by atoms with Crippen molar-refractivity contribution in [2.24, 2.45) is 16.5 Å². The number of carbonyl (C=O) groups is 1. The van der Waals surface area contributed by atoms with E-state index in [0.29, 0.717) is 5.56 Å². The van der Waals surface area contributed by atoms with Gasteiger partial charge in [-0.3, -0.25) is 4.99 Å². The van der Waals surface area contributed by atoms with Crippen LogP contribution in [0.3, 0.4) is 0 Å². The van der Waals surface area contributed by atoms with E-state index in [2.05, 4.69) is 9.73 Å². The SMILES string of the molecule is COC(=O)/C(N)=C(\N)C=NCc1ccccc1F. The molecule has 4 N–H and O–H groups in total. The molecule has 5 nitrogen and oxygen atoms in total. The molecule has 0 aromatic heterocycles. The maximum absolute atomic E-state index is 13.2. The molecule has 0 aliphatic heterocycles. The van der Waals surface area contributed by atoms with Crippen molar-refractivity contribution in [3.05, 3.63) is 47.0 Å². The zero-order valence-corrected chi connectivity index (χ0v) is 9.89. The van der Waals surface area contributed by atoms with Gasteiger partial charge in [0.1, 0.15) is 11.5 Å². The first-order valence-corrected chi connectivity index (χ1v) is 5.13. The lowest BCUT2D eigenvalue weighted by Crippen LogP contribution is -2.20. The lowest BCUT2D eigenvalue weighted by Gasteiger charge is -2.01. The Morgan fingerprint density at radius 2 is 2.11 bits per heavy atom. The largest absolute Gasteiger partial charge is 0.464 e. The van der Waals surface area contributed by atoms with Gasteiger partial charge < -0.3 is 16.2 Å². The molecule has 96 valence electrons. The van der Waals surface area contributed by atoms with Crippen molar-refractivity contribution in [1.82, 2.24) is 0 Å². The molecule has 6 heteroatoms. The van der Waals surface area contributed by atoms with Crippen LogP contribution in [0.25, 0.3) is 0 Å². The molecule has 0 amide bonds. The van der Waals surface area contributed by atoms with E-state index in [1.54, 1.807) is 18.2 Å². The van der Waals surface area contributed by atoms with Crippen LogP contribution in [0.4, 0.5) is 4.39 Å². The Labute approximate surface area is 104 Å². The number of esters is 1. The number of carbonyl (C=O) groups excluding carboxylic acids is 1. The molecular weight excluding hydrogens is 237 g/mol. The maximum atomic E-state index is 13.2. The molecule has 0 saturated carbocycles. The molecule has 1 aromatic carbocycles. The minimum Gasteiger partial charge on any atom is -0.464 e. The molecule has 0 saturated heterocycles. The van der Waals surface area contributed by atoms with Gasteiger partial charge in [-0.05, 0) is 6.07 Å². The molecule has 0 aliphatic rings. The monoisotopic (exact) mass is 251 g/mol. The van der Waals surface area contributed by atoms with Gasteiger partial charge in [0.2, 0.25) is 0 Å². The van der Waals surface area contributed by atoms with Crippen LogP contribution >= 0.6 is 0 Å². The molecule has 0 fully saturated rings. The molecule has 18 heavy (non-hydrogen) atoms. The number of benzene rings is 1. The summed E-state index contributed by atoms with van der Waals surface area (Å²) >= 11 is 0. The molecule has 0 atom stereocenters. The van der Waals surface area contributed by atoms with Gasteiger partial charge in [0, 0.05) is 11.8 Å². The zero-order valence-electron chi connectivity index (χ0n) is 9.89. The number of nitrogens with two attached hydrogens (primary N) is 2. The number of methoxy groups -OCH3 is 1. The number of aliphatic imine (C=N–C) groups is 1. The molecule has 1 aromatic rings. The van der Waals surface area contributed by atoms with Crippen LogP contribution in [0.2, 0.25) is 0 Å². The summed E-state index contributed by atoms with van der Waals surface area (Å²) in [5.74, 6) is -1.08. The normalized spacial score (nSPS) is 12.3. The van der Waals surface area contributed by atoms with Crippen LogP contribution in [0, 0.1) is 5.82 Å². The summed E-state index contributed by atoms with van der Waals surface area (Å²) in [6, 6.07) is 6.24. The van der Waals surface area contributed by atoms with Crippen molar-refractivity contribution < 1.29 is 13.9 Å². The Balaban J connectivity index is 2.72. The Morgan fingerprint density at radius 3 is 2.72 bits per heavy atom. The van der Waals surface area contributed by atoms with Crippen molar-refractivity contribution in [2.45, 2.75) is 6.54 Å². The highest BCUT2D eigenvalue weighted by molar-refractivity contribution is 5.95. The van der Waals surface area contributed by atoms with E-state index in [0.717, 1.165) is 0 Å². The third kappa shape index (κ3) is 3.58. The van der Waals surface area contributed by atoms with Gasteiger partial charge in [0.05, 0.1) is 19.4 Å². The maximum Gasteiger partial charge on any atom is 0.356 e. The van der Waals surface area contributed by atoms with Crippen molar-refractivity contribution in [2.75, 3.05) is 7.11 Å². The second-order valence-electron chi connectivity index (χ2n) is 3.42. The molecule has 0 unspecified atom stereocenters. The molecule has 0 heterocycles. The van der Waals surface area contributed by atoms with E-state index in [-0.39, 0.29) is 23.8 Å². The average molecular weight is 251 g/mol. The number of hydrogen-bond donors (Lipinski definition) is 2. The predicted molar refractivity (Wildman–Crippen MR) is 66.0 cm³/mol. The smallest absolute Gasteiger partial charge is 0.356 e. The number of allylic oxidation sites excluding steroid dienone is 1. The molecule has 1 rings (SSSR count). The lowest BCUT2D eigenvalue weighted by atomic mass is 10.2. The summed E-state index contributed by atoms with van der Waals surface area (Å²) in [5, 5.41) is 0. The summed E-state index contributed by atoms with van der Waals surface area (Å²) in [6.07, 6.45) is 1.21. The first-order chi connectivity index (χ1) is 8.56. The van der Waals surface area contributed by atoms with Gasteiger partial charge in [-0.15, -0.1) is 0 Å². The van der Waals surface area contributed by atoms with Gasteiger partial charge >= 0.3 is 5.97 Å². The summed E-state index contributed by atoms with van der Waals surface area (Å²) in [5.41, 5.74) is 11.1. The van der Waals surface area contributed by atoms with Gasteiger partial charge in [0.15, 0.2) is 0 Å². The van der Waals surface area contributed by atoms with Crippen LogP contribution < -0.4 is 11.5 Å². The number of hydrogen-bond acceptors (Lipinski definition) is 5. The Hall–Kier alpha value is -2.37. The minimum atomic E-state index is -0.732. The number of halogens is 1. The van der Waals surface area contributed by atoms with E-state index in [1.807, 2.05) is 0 Å². The molecule has 0 bridgehead atoms. The molecule has 0 radical (unpaired) electrons. The van der Waals surface area contributed by atoms with E-state index in [9.17, 15) is 9.18 Å². The van der Waals surface area contributed by atoms with Gasteiger partial charge in [-0.25, -0.2) is 9.18 Å². The molecule has 0 aliphatic carbocycles. The van der Waals surface area contributed by atoms with Crippen molar-refractivity contribution in [3.8, 4) is 0 Å². The summed E-state index contributed by atoms with van der Waals surface area (Å²) < 4.78 is 17.6. The predicted octanol–water partition coefficient (Wildman–Crippen LogP) is 0.699. The van der Waals surface area contributed by atoms with Crippen LogP contribution in [-0.4, -0.2) is 19.3 Å². The van der Waals surface area contributed by atoms with Crippen LogP contribution in [0.15, 0.2) is 40.7 Å².